The largest absolute Gasteiger partial charge is 0.497 e. The SMILES string of the molecule is COc1ccc([C@H](CNC(=O)C(=O)N[C@H](C)c2ccccc2)[NH+]2CC[NH+](C)CC2)cc1. The molecule has 166 valence electrons. The van der Waals surface area contributed by atoms with Gasteiger partial charge in [0.1, 0.15) is 38.0 Å². The fraction of sp³-hybridized carbons (Fsp3) is 0.417. The number of hydrogen-bond acceptors (Lipinski definition) is 3. The summed E-state index contributed by atoms with van der Waals surface area (Å²) in [5.41, 5.74) is 2.10. The van der Waals surface area contributed by atoms with Crippen LogP contribution in [0.1, 0.15) is 30.1 Å². The maximum Gasteiger partial charge on any atom is 0.309 e. The highest BCUT2D eigenvalue weighted by molar-refractivity contribution is 6.35. The van der Waals surface area contributed by atoms with E-state index in [0.29, 0.717) is 6.54 Å². The molecule has 1 heterocycles. The third-order valence-electron chi connectivity index (χ3n) is 6.08. The smallest absolute Gasteiger partial charge is 0.309 e. The highest BCUT2D eigenvalue weighted by Gasteiger charge is 2.30. The molecule has 0 radical (unpaired) electrons. The number of methoxy groups -OCH3 is 1. The van der Waals surface area contributed by atoms with Crippen molar-refractivity contribution in [2.24, 2.45) is 0 Å². The van der Waals surface area contributed by atoms with Crippen molar-refractivity contribution in [2.75, 3.05) is 46.9 Å². The second-order valence-corrected chi connectivity index (χ2v) is 8.26. The maximum atomic E-state index is 12.5. The number of ether oxygens (including phenoxy) is 1. The lowest BCUT2D eigenvalue weighted by Gasteiger charge is -2.33. The van der Waals surface area contributed by atoms with Gasteiger partial charge >= 0.3 is 11.8 Å². The van der Waals surface area contributed by atoms with E-state index in [2.05, 4.69) is 17.7 Å². The molecule has 0 aliphatic carbocycles. The molecular weight excluding hydrogens is 392 g/mol. The summed E-state index contributed by atoms with van der Waals surface area (Å²) in [4.78, 5) is 27.9. The van der Waals surface area contributed by atoms with E-state index in [4.69, 9.17) is 4.74 Å². The molecule has 7 nitrogen and oxygen atoms in total. The highest BCUT2D eigenvalue weighted by Crippen LogP contribution is 2.16. The lowest BCUT2D eigenvalue weighted by Crippen LogP contribution is -3.27. The molecule has 1 saturated heterocycles. The van der Waals surface area contributed by atoms with Gasteiger partial charge in [-0.2, -0.15) is 0 Å². The number of piperazine rings is 1. The molecule has 0 unspecified atom stereocenters. The quantitative estimate of drug-likeness (QED) is 0.436. The lowest BCUT2D eigenvalue weighted by molar-refractivity contribution is -1.02. The van der Waals surface area contributed by atoms with Crippen molar-refractivity contribution in [1.29, 1.82) is 0 Å². The number of carbonyl (C=O) groups is 2. The second-order valence-electron chi connectivity index (χ2n) is 8.26. The van der Waals surface area contributed by atoms with Crippen molar-refractivity contribution in [3.05, 3.63) is 65.7 Å². The maximum absolute atomic E-state index is 12.5. The van der Waals surface area contributed by atoms with Crippen LogP contribution in [0.15, 0.2) is 54.6 Å². The predicted octanol–water partition coefficient (Wildman–Crippen LogP) is -0.857. The van der Waals surface area contributed by atoms with E-state index in [0.717, 1.165) is 43.1 Å². The van der Waals surface area contributed by atoms with E-state index >= 15 is 0 Å². The Kier molecular flexibility index (Phi) is 8.03. The minimum Gasteiger partial charge on any atom is -0.497 e. The van der Waals surface area contributed by atoms with Gasteiger partial charge in [-0.3, -0.25) is 9.59 Å². The van der Waals surface area contributed by atoms with E-state index in [-0.39, 0.29) is 12.1 Å². The van der Waals surface area contributed by atoms with Crippen molar-refractivity contribution in [3.8, 4) is 5.75 Å². The molecule has 0 saturated carbocycles. The van der Waals surface area contributed by atoms with E-state index in [1.807, 2.05) is 61.5 Å². The third-order valence-corrected chi connectivity index (χ3v) is 6.08. The molecule has 2 amide bonds. The molecular formula is C24H34N4O3+2. The Labute approximate surface area is 184 Å². The summed E-state index contributed by atoms with van der Waals surface area (Å²) in [7, 11) is 3.86. The minimum atomic E-state index is -0.609. The highest BCUT2D eigenvalue weighted by atomic mass is 16.5. The first kappa shape index (κ1) is 22.8. The molecule has 7 heteroatoms. The van der Waals surface area contributed by atoms with E-state index in [1.54, 1.807) is 7.11 Å². The average molecular weight is 427 g/mol. The average Bonchev–Trinajstić information content (AvgIpc) is 2.81. The van der Waals surface area contributed by atoms with Crippen LogP contribution >= 0.6 is 0 Å². The summed E-state index contributed by atoms with van der Waals surface area (Å²) in [5, 5.41) is 5.65. The first-order chi connectivity index (χ1) is 15.0. The summed E-state index contributed by atoms with van der Waals surface area (Å²) in [6.45, 7) is 6.51. The zero-order valence-corrected chi connectivity index (χ0v) is 18.6. The van der Waals surface area contributed by atoms with Crippen molar-refractivity contribution < 1.29 is 24.1 Å². The van der Waals surface area contributed by atoms with Crippen LogP contribution < -0.4 is 25.2 Å². The molecule has 3 rings (SSSR count). The van der Waals surface area contributed by atoms with E-state index < -0.39 is 11.8 Å². The van der Waals surface area contributed by atoms with Crippen LogP contribution in [-0.4, -0.2) is 58.7 Å². The number of amides is 2. The van der Waals surface area contributed by atoms with Gasteiger partial charge in [-0.25, -0.2) is 0 Å². The zero-order chi connectivity index (χ0) is 22.2. The lowest BCUT2D eigenvalue weighted by atomic mass is 10.0. The monoisotopic (exact) mass is 426 g/mol. The van der Waals surface area contributed by atoms with Crippen LogP contribution in [0.2, 0.25) is 0 Å². The van der Waals surface area contributed by atoms with Gasteiger partial charge in [0.25, 0.3) is 0 Å². The standard InChI is InChI=1S/C24H32N4O3/c1-18(19-7-5-4-6-8-19)26-24(30)23(29)25-17-22(28-15-13-27(2)14-16-28)20-9-11-21(31-3)12-10-20/h4-12,18,22H,13-17H2,1-3H3,(H,25,29)(H,26,30)/p+2/t18-,22+/m1/s1. The van der Waals surface area contributed by atoms with E-state index in [9.17, 15) is 9.59 Å². The Morgan fingerprint density at radius 3 is 2.19 bits per heavy atom. The first-order valence-electron chi connectivity index (χ1n) is 10.9. The molecule has 1 fully saturated rings. The molecule has 0 bridgehead atoms. The normalized spacial score (nSPS) is 20.4. The fourth-order valence-electron chi connectivity index (χ4n) is 4.04. The van der Waals surface area contributed by atoms with Crippen LogP contribution in [-0.2, 0) is 9.59 Å². The summed E-state index contributed by atoms with van der Waals surface area (Å²) < 4.78 is 5.28. The van der Waals surface area contributed by atoms with Gasteiger partial charge in [-0.15, -0.1) is 0 Å². The molecule has 0 spiro atoms. The Morgan fingerprint density at radius 2 is 1.58 bits per heavy atom. The summed E-state index contributed by atoms with van der Waals surface area (Å²) in [6.07, 6.45) is 0. The number of carbonyl (C=O) groups excluding carboxylic acids is 2. The molecule has 4 N–H and O–H groups in total. The zero-order valence-electron chi connectivity index (χ0n) is 18.6. The van der Waals surface area contributed by atoms with Crippen molar-refractivity contribution >= 4 is 11.8 Å². The molecule has 1 aliphatic heterocycles. The first-order valence-corrected chi connectivity index (χ1v) is 10.9. The molecule has 2 aromatic rings. The van der Waals surface area contributed by atoms with Gasteiger partial charge in [0.05, 0.1) is 26.7 Å². The van der Waals surface area contributed by atoms with Crippen LogP contribution in [0.25, 0.3) is 0 Å². The number of hydrogen-bond donors (Lipinski definition) is 4. The number of likely N-dealkylation sites (N-methyl/N-ethyl adjacent to an activating group) is 1. The number of nitrogens with one attached hydrogen (secondary N) is 4. The van der Waals surface area contributed by atoms with Crippen molar-refractivity contribution in [2.45, 2.75) is 19.0 Å². The second kappa shape index (κ2) is 10.9. The Hall–Kier alpha value is -2.90. The summed E-state index contributed by atoms with van der Waals surface area (Å²) in [6, 6.07) is 17.4. The van der Waals surface area contributed by atoms with Crippen LogP contribution in [0.5, 0.6) is 5.75 Å². The van der Waals surface area contributed by atoms with Crippen molar-refractivity contribution in [1.82, 2.24) is 10.6 Å². The fourth-order valence-corrected chi connectivity index (χ4v) is 4.04. The molecule has 2 aromatic carbocycles. The number of rotatable bonds is 7. The molecule has 31 heavy (non-hydrogen) atoms. The molecule has 1 aliphatic rings. The van der Waals surface area contributed by atoms with Gasteiger partial charge in [0, 0.05) is 5.56 Å². The van der Waals surface area contributed by atoms with Crippen molar-refractivity contribution in [3.63, 3.8) is 0 Å². The number of quaternary nitrogens is 2. The minimum absolute atomic E-state index is 0.0855. The Bertz CT molecular complexity index is 849. The Balaban J connectivity index is 1.63. The predicted molar refractivity (Wildman–Crippen MR) is 119 cm³/mol. The van der Waals surface area contributed by atoms with Crippen LogP contribution in [0.4, 0.5) is 0 Å². The summed E-state index contributed by atoms with van der Waals surface area (Å²) in [5.74, 6) is -0.401. The molecule has 0 aromatic heterocycles. The van der Waals surface area contributed by atoms with Gasteiger partial charge in [0.15, 0.2) is 0 Å². The van der Waals surface area contributed by atoms with Gasteiger partial charge in [0.2, 0.25) is 0 Å². The van der Waals surface area contributed by atoms with Gasteiger partial charge in [-0.05, 0) is 36.8 Å². The van der Waals surface area contributed by atoms with E-state index in [1.165, 1.54) is 9.80 Å². The number of benzene rings is 2. The van der Waals surface area contributed by atoms with Crippen LogP contribution in [0.3, 0.4) is 0 Å². The summed E-state index contributed by atoms with van der Waals surface area (Å²) >= 11 is 0. The van der Waals surface area contributed by atoms with Crippen LogP contribution in [0, 0.1) is 0 Å². The van der Waals surface area contributed by atoms with Gasteiger partial charge in [-0.1, -0.05) is 30.3 Å². The topological polar surface area (TPSA) is 76.3 Å². The Morgan fingerprint density at radius 1 is 0.935 bits per heavy atom. The third kappa shape index (κ3) is 6.29. The van der Waals surface area contributed by atoms with Gasteiger partial charge < -0.3 is 25.2 Å². The molecule has 2 atom stereocenters.